The minimum atomic E-state index is -0.311. The van der Waals surface area contributed by atoms with Gasteiger partial charge in [-0.1, -0.05) is 24.3 Å². The largest absolute Gasteiger partial charge is 0.291 e. The number of benzene rings is 2. The molecule has 2 aromatic carbocycles. The fourth-order valence-electron chi connectivity index (χ4n) is 2.13. The maximum absolute atomic E-state index is 11.5. The van der Waals surface area contributed by atoms with E-state index >= 15 is 0 Å². The first-order valence-electron chi connectivity index (χ1n) is 6.45. The number of amides is 2. The molecule has 0 bridgehead atoms. The predicted molar refractivity (Wildman–Crippen MR) is 81.1 cm³/mol. The summed E-state index contributed by atoms with van der Waals surface area (Å²) in [5.74, 6) is -0.623. The van der Waals surface area contributed by atoms with E-state index in [0.717, 1.165) is 16.0 Å². The third kappa shape index (κ3) is 3.27. The third-order valence-corrected chi connectivity index (χ3v) is 3.10. The van der Waals surface area contributed by atoms with E-state index in [1.807, 2.05) is 24.3 Å². The third-order valence-electron chi connectivity index (χ3n) is 3.10. The monoisotopic (exact) mass is 284 g/mol. The molecule has 0 radical (unpaired) electrons. The Kier molecular flexibility index (Phi) is 4.35. The molecular weight excluding hydrogens is 268 g/mol. The first kappa shape index (κ1) is 14.7. The molecule has 0 atom stereocenters. The number of rotatable bonds is 3. The molecule has 0 aliphatic heterocycles. The van der Waals surface area contributed by atoms with Crippen molar-refractivity contribution in [2.24, 2.45) is 0 Å². The summed E-state index contributed by atoms with van der Waals surface area (Å²) in [6.45, 7) is 2.71. The van der Waals surface area contributed by atoms with Crippen LogP contribution in [0.1, 0.15) is 13.8 Å². The van der Waals surface area contributed by atoms with Crippen LogP contribution in [0.3, 0.4) is 0 Å². The highest BCUT2D eigenvalue weighted by Gasteiger charge is 2.15. The molecule has 2 amide bonds. The van der Waals surface area contributed by atoms with Crippen LogP contribution in [0.25, 0.3) is 11.1 Å². The van der Waals surface area contributed by atoms with Gasteiger partial charge in [0, 0.05) is 13.8 Å². The minimum Gasteiger partial charge on any atom is -0.291 e. The summed E-state index contributed by atoms with van der Waals surface area (Å²) in [4.78, 5) is 24.1. The van der Waals surface area contributed by atoms with Gasteiger partial charge in [0.2, 0.25) is 11.8 Å². The summed E-state index contributed by atoms with van der Waals surface area (Å²) >= 11 is 0. The highest BCUT2D eigenvalue weighted by molar-refractivity contribution is 6.13. The van der Waals surface area contributed by atoms with Crippen LogP contribution in [-0.4, -0.2) is 17.0 Å². The molecule has 2 N–H and O–H groups in total. The Morgan fingerprint density at radius 3 is 1.67 bits per heavy atom. The van der Waals surface area contributed by atoms with Gasteiger partial charge in [0.1, 0.15) is 0 Å². The lowest BCUT2D eigenvalue weighted by atomic mass is 10.0. The van der Waals surface area contributed by atoms with Gasteiger partial charge in [0.15, 0.2) is 0 Å². The number of carbonyl (C=O) groups excluding carboxylic acids is 2. The molecule has 0 aromatic heterocycles. The van der Waals surface area contributed by atoms with Crippen LogP contribution < -0.4 is 10.4 Å². The second kappa shape index (κ2) is 6.19. The van der Waals surface area contributed by atoms with Gasteiger partial charge in [-0.05, 0) is 35.4 Å². The highest BCUT2D eigenvalue weighted by Crippen LogP contribution is 2.24. The second-order valence-corrected chi connectivity index (χ2v) is 4.61. The van der Waals surface area contributed by atoms with E-state index < -0.39 is 0 Å². The molecule has 108 valence electrons. The zero-order valence-corrected chi connectivity index (χ0v) is 11.8. The number of imide groups is 1. The molecule has 5 nitrogen and oxygen atoms in total. The molecule has 0 aliphatic rings. The number of anilines is 2. The molecule has 0 unspecified atom stereocenters. The Bertz CT molecular complexity index is 634. The van der Waals surface area contributed by atoms with Gasteiger partial charge >= 0.3 is 0 Å². The lowest BCUT2D eigenvalue weighted by Gasteiger charge is -2.17. The van der Waals surface area contributed by atoms with Crippen molar-refractivity contribution < 1.29 is 14.8 Å². The normalized spacial score (nSPS) is 10.0. The highest BCUT2D eigenvalue weighted by atomic mass is 16.5. The van der Waals surface area contributed by atoms with E-state index in [1.54, 1.807) is 24.3 Å². The maximum Gasteiger partial charge on any atom is 0.230 e. The van der Waals surface area contributed by atoms with Gasteiger partial charge in [-0.3, -0.25) is 25.2 Å². The Labute approximate surface area is 122 Å². The van der Waals surface area contributed by atoms with Crippen LogP contribution in [0, 0.1) is 0 Å². The Hall–Kier alpha value is -2.66. The van der Waals surface area contributed by atoms with Gasteiger partial charge in [-0.15, -0.1) is 0 Å². The first-order chi connectivity index (χ1) is 10.0. The first-order valence-corrected chi connectivity index (χ1v) is 6.45. The minimum absolute atomic E-state index is 0.311. The summed E-state index contributed by atoms with van der Waals surface area (Å²) < 4.78 is 0. The van der Waals surface area contributed by atoms with Gasteiger partial charge in [0.05, 0.1) is 11.4 Å². The molecule has 2 aromatic rings. The Morgan fingerprint density at radius 1 is 0.857 bits per heavy atom. The number of nitrogens with one attached hydrogen (secondary N) is 1. The number of nitrogens with zero attached hydrogens (tertiary/aromatic N) is 1. The van der Waals surface area contributed by atoms with E-state index in [9.17, 15) is 9.59 Å². The fourth-order valence-corrected chi connectivity index (χ4v) is 2.13. The average Bonchev–Trinajstić information content (AvgIpc) is 2.47. The smallest absolute Gasteiger partial charge is 0.230 e. The van der Waals surface area contributed by atoms with Crippen LogP contribution in [0.5, 0.6) is 0 Å². The molecular formula is C16H16N2O3. The molecule has 21 heavy (non-hydrogen) atoms. The van der Waals surface area contributed by atoms with Crippen molar-refractivity contribution >= 4 is 23.2 Å². The van der Waals surface area contributed by atoms with E-state index in [0.29, 0.717) is 11.4 Å². The number of hydrogen-bond acceptors (Lipinski definition) is 4. The Balaban J connectivity index is 2.29. The lowest BCUT2D eigenvalue weighted by Crippen LogP contribution is -2.32. The van der Waals surface area contributed by atoms with Crippen LogP contribution in [-0.2, 0) is 9.59 Å². The van der Waals surface area contributed by atoms with Crippen molar-refractivity contribution in [2.75, 3.05) is 10.4 Å². The molecule has 0 fully saturated rings. The van der Waals surface area contributed by atoms with E-state index in [2.05, 4.69) is 5.48 Å². The fraction of sp³-hybridized carbons (Fsp3) is 0.125. The summed E-state index contributed by atoms with van der Waals surface area (Å²) in [5.41, 5.74) is 5.15. The van der Waals surface area contributed by atoms with Crippen molar-refractivity contribution in [3.63, 3.8) is 0 Å². The second-order valence-electron chi connectivity index (χ2n) is 4.61. The molecule has 5 heteroatoms. The molecule has 0 heterocycles. The summed E-state index contributed by atoms with van der Waals surface area (Å²) in [7, 11) is 0. The molecule has 0 spiro atoms. The zero-order chi connectivity index (χ0) is 15.4. The molecule has 0 saturated carbocycles. The maximum atomic E-state index is 11.5. The van der Waals surface area contributed by atoms with E-state index in [-0.39, 0.29) is 11.8 Å². The zero-order valence-electron chi connectivity index (χ0n) is 11.8. The number of carbonyl (C=O) groups is 2. The van der Waals surface area contributed by atoms with Gasteiger partial charge in [-0.25, -0.2) is 0 Å². The van der Waals surface area contributed by atoms with Crippen LogP contribution in [0.2, 0.25) is 0 Å². The SMILES string of the molecule is CC(=O)N(C(C)=O)c1ccc(-c2ccc(NO)cc2)cc1. The lowest BCUT2D eigenvalue weighted by molar-refractivity contribution is -0.124. The summed E-state index contributed by atoms with van der Waals surface area (Å²) in [5, 5.41) is 8.78. The van der Waals surface area contributed by atoms with Crippen molar-refractivity contribution in [2.45, 2.75) is 13.8 Å². The van der Waals surface area contributed by atoms with Gasteiger partial charge < -0.3 is 0 Å². The van der Waals surface area contributed by atoms with Gasteiger partial charge in [0.25, 0.3) is 0 Å². The van der Waals surface area contributed by atoms with E-state index in [1.165, 1.54) is 13.8 Å². The molecule has 0 aliphatic carbocycles. The van der Waals surface area contributed by atoms with Crippen LogP contribution in [0.15, 0.2) is 48.5 Å². The van der Waals surface area contributed by atoms with E-state index in [4.69, 9.17) is 5.21 Å². The molecule has 2 rings (SSSR count). The summed E-state index contributed by atoms with van der Waals surface area (Å²) in [6, 6.07) is 14.4. The summed E-state index contributed by atoms with van der Waals surface area (Å²) in [6.07, 6.45) is 0. The standard InChI is InChI=1S/C16H16N2O3/c1-11(19)18(12(2)20)16-9-5-14(6-10-16)13-3-7-15(17-21)8-4-13/h3-10,17,21H,1-2H3. The van der Waals surface area contributed by atoms with Crippen LogP contribution >= 0.6 is 0 Å². The topological polar surface area (TPSA) is 69.6 Å². The average molecular weight is 284 g/mol. The quantitative estimate of drug-likeness (QED) is 0.850. The van der Waals surface area contributed by atoms with Crippen molar-refractivity contribution in [1.29, 1.82) is 0 Å². The van der Waals surface area contributed by atoms with Crippen molar-refractivity contribution in [1.82, 2.24) is 0 Å². The predicted octanol–water partition coefficient (Wildman–Crippen LogP) is 3.05. The van der Waals surface area contributed by atoms with Gasteiger partial charge in [-0.2, -0.15) is 0 Å². The Morgan fingerprint density at radius 2 is 1.29 bits per heavy atom. The van der Waals surface area contributed by atoms with Crippen molar-refractivity contribution in [3.8, 4) is 11.1 Å². The van der Waals surface area contributed by atoms with Crippen molar-refractivity contribution in [3.05, 3.63) is 48.5 Å². The van der Waals surface area contributed by atoms with Crippen LogP contribution in [0.4, 0.5) is 11.4 Å². The molecule has 0 saturated heterocycles. The number of hydrogen-bond donors (Lipinski definition) is 2.